The molecule has 0 N–H and O–H groups in total. The molecule has 2 nitrogen and oxygen atoms in total. The Hall–Kier alpha value is -1.02. The highest BCUT2D eigenvalue weighted by Crippen LogP contribution is 2.24. The fourth-order valence-electron chi connectivity index (χ4n) is 1.62. The Morgan fingerprint density at radius 3 is 1.92 bits per heavy atom. The Labute approximate surface area is 79.8 Å². The molecule has 1 aromatic carbocycles. The summed E-state index contributed by atoms with van der Waals surface area (Å²) >= 11 is 0. The number of nitrogens with zero attached hydrogens (tertiary/aromatic N) is 1. The number of aryl methyl sites for hydroxylation is 2. The molecule has 0 saturated carbocycles. The van der Waals surface area contributed by atoms with E-state index in [2.05, 4.69) is 13.8 Å². The first kappa shape index (κ1) is 10.1. The second kappa shape index (κ2) is 4.28. The van der Waals surface area contributed by atoms with Crippen LogP contribution >= 0.6 is 0 Å². The Kier molecular flexibility index (Phi) is 3.32. The maximum atomic E-state index is 11.3. The zero-order chi connectivity index (χ0) is 9.84. The van der Waals surface area contributed by atoms with Gasteiger partial charge in [-0.05, 0) is 31.0 Å². The minimum Gasteiger partial charge on any atom is -0.758 e. The average Bonchev–Trinajstić information content (AvgIpc) is 2.16. The van der Waals surface area contributed by atoms with Gasteiger partial charge in [0, 0.05) is 5.69 Å². The molecule has 1 aromatic rings. The van der Waals surface area contributed by atoms with Crippen LogP contribution in [0.4, 0.5) is 5.69 Å². The van der Waals surface area contributed by atoms with Gasteiger partial charge in [-0.25, -0.2) is 0 Å². The maximum Gasteiger partial charge on any atom is 0.0321 e. The van der Waals surface area contributed by atoms with Crippen LogP contribution in [0.1, 0.15) is 25.0 Å². The van der Waals surface area contributed by atoms with Crippen molar-refractivity contribution < 1.29 is 0 Å². The van der Waals surface area contributed by atoms with Crippen molar-refractivity contribution in [2.24, 2.45) is 0 Å². The van der Waals surface area contributed by atoms with Gasteiger partial charge >= 0.3 is 0 Å². The van der Waals surface area contributed by atoms with E-state index < -0.39 is 0 Å². The minimum atomic E-state index is 0.854. The van der Waals surface area contributed by atoms with E-state index in [4.69, 9.17) is 0 Å². The summed E-state index contributed by atoms with van der Waals surface area (Å²) in [5.74, 6) is 0. The Morgan fingerprint density at radius 2 is 1.62 bits per heavy atom. The van der Waals surface area contributed by atoms with E-state index in [1.54, 1.807) is 7.05 Å². The van der Waals surface area contributed by atoms with Gasteiger partial charge in [-0.2, -0.15) is 0 Å². The third-order valence-corrected chi connectivity index (χ3v) is 2.28. The van der Waals surface area contributed by atoms with Gasteiger partial charge in [0.05, 0.1) is 0 Å². The molecular weight excluding hydrogens is 162 g/mol. The van der Waals surface area contributed by atoms with E-state index >= 15 is 0 Å². The largest absolute Gasteiger partial charge is 0.758 e. The third-order valence-electron chi connectivity index (χ3n) is 2.28. The zero-order valence-electron chi connectivity index (χ0n) is 8.50. The molecule has 0 spiro atoms. The average molecular weight is 178 g/mol. The molecule has 0 fully saturated rings. The molecule has 1 rings (SSSR count). The standard InChI is InChI=1S/C11H16NO/c1-4-9-7-6-8-10(5-2)11(9)12(3)13/h6-8H,4-5H2,1-3H3/q-1. The predicted molar refractivity (Wildman–Crippen MR) is 57.0 cm³/mol. The Balaban J connectivity index is 3.21. The summed E-state index contributed by atoms with van der Waals surface area (Å²) in [6.45, 7) is 4.14. The van der Waals surface area contributed by atoms with Crippen molar-refractivity contribution in [2.75, 3.05) is 12.1 Å². The van der Waals surface area contributed by atoms with Crippen LogP contribution in [0.5, 0.6) is 0 Å². The van der Waals surface area contributed by atoms with Crippen LogP contribution < -0.4 is 5.06 Å². The first-order valence-corrected chi connectivity index (χ1v) is 4.72. The number of benzene rings is 1. The molecule has 0 radical (unpaired) electrons. The van der Waals surface area contributed by atoms with E-state index in [-0.39, 0.29) is 0 Å². The van der Waals surface area contributed by atoms with Crippen LogP contribution in [-0.4, -0.2) is 7.05 Å². The molecule has 0 saturated heterocycles. The summed E-state index contributed by atoms with van der Waals surface area (Å²) in [4.78, 5) is 0. The van der Waals surface area contributed by atoms with Crippen molar-refractivity contribution >= 4 is 5.69 Å². The molecule has 72 valence electrons. The van der Waals surface area contributed by atoms with Gasteiger partial charge in [-0.15, -0.1) is 0 Å². The van der Waals surface area contributed by atoms with Gasteiger partial charge in [0.15, 0.2) is 0 Å². The highest BCUT2D eigenvalue weighted by atomic mass is 16.5. The molecule has 0 aliphatic carbocycles. The van der Waals surface area contributed by atoms with Crippen LogP contribution in [0.3, 0.4) is 0 Å². The molecule has 2 heteroatoms. The van der Waals surface area contributed by atoms with Gasteiger partial charge in [0.25, 0.3) is 0 Å². The van der Waals surface area contributed by atoms with Gasteiger partial charge in [-0.1, -0.05) is 32.0 Å². The van der Waals surface area contributed by atoms with Crippen molar-refractivity contribution in [1.82, 2.24) is 0 Å². The van der Waals surface area contributed by atoms with Crippen LogP contribution in [0.25, 0.3) is 0 Å². The predicted octanol–water partition coefficient (Wildman–Crippen LogP) is 2.75. The molecule has 0 heterocycles. The van der Waals surface area contributed by atoms with Crippen molar-refractivity contribution in [3.63, 3.8) is 0 Å². The lowest BCUT2D eigenvalue weighted by Gasteiger charge is -2.29. The topological polar surface area (TPSA) is 26.3 Å². The molecule has 0 unspecified atom stereocenters. The smallest absolute Gasteiger partial charge is 0.0321 e. The summed E-state index contributed by atoms with van der Waals surface area (Å²) < 4.78 is 0. The number of rotatable bonds is 3. The number of hydroxylamine groups is 1. The summed E-state index contributed by atoms with van der Waals surface area (Å²) in [6.07, 6.45) is 1.82. The monoisotopic (exact) mass is 178 g/mol. The van der Waals surface area contributed by atoms with E-state index in [1.807, 2.05) is 18.2 Å². The summed E-state index contributed by atoms with van der Waals surface area (Å²) in [6, 6.07) is 6.05. The molecule has 0 aliphatic rings. The lowest BCUT2D eigenvalue weighted by molar-refractivity contribution is 1.04. The van der Waals surface area contributed by atoms with E-state index in [1.165, 1.54) is 0 Å². The maximum absolute atomic E-state index is 11.3. The number of hydrogen-bond acceptors (Lipinski definition) is 2. The summed E-state index contributed by atoms with van der Waals surface area (Å²) in [7, 11) is 1.56. The lowest BCUT2D eigenvalue weighted by atomic mass is 10.0. The van der Waals surface area contributed by atoms with Gasteiger partial charge in [-0.3, -0.25) is 0 Å². The van der Waals surface area contributed by atoms with Crippen LogP contribution in [0, 0.1) is 5.21 Å². The van der Waals surface area contributed by atoms with Crippen LogP contribution in [0.15, 0.2) is 18.2 Å². The zero-order valence-corrected chi connectivity index (χ0v) is 8.50. The molecule has 0 aromatic heterocycles. The highest BCUT2D eigenvalue weighted by Gasteiger charge is 2.04. The fraction of sp³-hybridized carbons (Fsp3) is 0.455. The number of para-hydroxylation sites is 1. The van der Waals surface area contributed by atoms with E-state index in [0.29, 0.717) is 0 Å². The van der Waals surface area contributed by atoms with Gasteiger partial charge < -0.3 is 10.3 Å². The van der Waals surface area contributed by atoms with Gasteiger partial charge in [0.1, 0.15) is 0 Å². The van der Waals surface area contributed by atoms with E-state index in [9.17, 15) is 5.21 Å². The van der Waals surface area contributed by atoms with E-state index in [0.717, 1.165) is 34.7 Å². The SMILES string of the molecule is CCc1cccc(CC)c1N(C)[O-]. The number of hydrogen-bond donors (Lipinski definition) is 0. The highest BCUT2D eigenvalue weighted by molar-refractivity contribution is 5.59. The minimum absolute atomic E-state index is 0.854. The van der Waals surface area contributed by atoms with Crippen molar-refractivity contribution in [2.45, 2.75) is 26.7 Å². The number of anilines is 1. The molecular formula is C11H16NO-. The second-order valence-electron chi connectivity index (χ2n) is 3.13. The second-order valence-corrected chi connectivity index (χ2v) is 3.13. The quantitative estimate of drug-likeness (QED) is 0.665. The van der Waals surface area contributed by atoms with Gasteiger partial charge in [0.2, 0.25) is 0 Å². The molecule has 13 heavy (non-hydrogen) atoms. The molecule has 0 amide bonds. The van der Waals surface area contributed by atoms with Crippen molar-refractivity contribution in [1.29, 1.82) is 0 Å². The Bertz CT molecular complexity index is 259. The van der Waals surface area contributed by atoms with Crippen molar-refractivity contribution in [3.05, 3.63) is 34.5 Å². The normalized spacial score (nSPS) is 10.2. The third kappa shape index (κ3) is 2.01. The summed E-state index contributed by atoms with van der Waals surface area (Å²) in [5, 5.41) is 12.3. The van der Waals surface area contributed by atoms with Crippen LogP contribution in [0.2, 0.25) is 0 Å². The molecule has 0 bridgehead atoms. The first-order chi connectivity index (χ1) is 6.20. The van der Waals surface area contributed by atoms with Crippen LogP contribution in [-0.2, 0) is 12.8 Å². The molecule has 0 aliphatic heterocycles. The molecule has 0 atom stereocenters. The Morgan fingerprint density at radius 1 is 1.15 bits per heavy atom. The lowest BCUT2D eigenvalue weighted by Crippen LogP contribution is -2.11. The van der Waals surface area contributed by atoms with Crippen molar-refractivity contribution in [3.8, 4) is 0 Å². The first-order valence-electron chi connectivity index (χ1n) is 4.72. The summed E-state index contributed by atoms with van der Waals surface area (Å²) in [5.41, 5.74) is 3.13. The fourth-order valence-corrected chi connectivity index (χ4v) is 1.62.